The van der Waals surface area contributed by atoms with E-state index in [1.54, 1.807) is 9.58 Å². The Morgan fingerprint density at radius 3 is 2.49 bits per heavy atom. The highest BCUT2D eigenvalue weighted by Crippen LogP contribution is 2.23. The standard InChI is InChI=1S/C29H31N5O3/c35-27(21-34-26-16-8-7-15-25(26)31-32-34)33(18-17-22-10-3-1-4-11-22)28(23-12-5-2-6-13-23)29(36)30-20-24-14-9-19-37-24/h1-8,10-13,15-16,24,28H,9,14,17-21H2,(H,30,36). The van der Waals surface area contributed by atoms with Gasteiger partial charge in [0.15, 0.2) is 0 Å². The molecule has 37 heavy (non-hydrogen) atoms. The lowest BCUT2D eigenvalue weighted by Crippen LogP contribution is -2.47. The molecule has 2 atom stereocenters. The predicted octanol–water partition coefficient (Wildman–Crippen LogP) is 3.54. The van der Waals surface area contributed by atoms with E-state index >= 15 is 0 Å². The molecule has 8 heteroatoms. The van der Waals surface area contributed by atoms with E-state index in [0.717, 1.165) is 41.6 Å². The molecule has 0 radical (unpaired) electrons. The van der Waals surface area contributed by atoms with E-state index in [9.17, 15) is 9.59 Å². The summed E-state index contributed by atoms with van der Waals surface area (Å²) in [5.74, 6) is -0.417. The van der Waals surface area contributed by atoms with Gasteiger partial charge in [-0.05, 0) is 42.5 Å². The van der Waals surface area contributed by atoms with Gasteiger partial charge in [0.05, 0.1) is 11.6 Å². The van der Waals surface area contributed by atoms with Crippen molar-refractivity contribution in [3.8, 4) is 0 Å². The Hall–Kier alpha value is -4.04. The molecule has 1 saturated heterocycles. The van der Waals surface area contributed by atoms with Crippen LogP contribution in [0.15, 0.2) is 84.9 Å². The van der Waals surface area contributed by atoms with E-state index in [4.69, 9.17) is 4.74 Å². The van der Waals surface area contributed by atoms with Crippen molar-refractivity contribution in [1.29, 1.82) is 0 Å². The maximum atomic E-state index is 13.9. The summed E-state index contributed by atoms with van der Waals surface area (Å²) in [6.45, 7) is 1.51. The smallest absolute Gasteiger partial charge is 0.247 e. The lowest BCUT2D eigenvalue weighted by molar-refractivity contribution is -0.141. The zero-order valence-corrected chi connectivity index (χ0v) is 20.7. The van der Waals surface area contributed by atoms with Crippen molar-refractivity contribution >= 4 is 22.8 Å². The van der Waals surface area contributed by atoms with Crippen LogP contribution in [0.3, 0.4) is 0 Å². The second kappa shape index (κ2) is 11.8. The van der Waals surface area contributed by atoms with Crippen LogP contribution in [0.1, 0.15) is 30.0 Å². The van der Waals surface area contributed by atoms with Gasteiger partial charge < -0.3 is 15.0 Å². The summed E-state index contributed by atoms with van der Waals surface area (Å²) in [6.07, 6.45) is 2.55. The van der Waals surface area contributed by atoms with Crippen molar-refractivity contribution in [1.82, 2.24) is 25.2 Å². The summed E-state index contributed by atoms with van der Waals surface area (Å²) >= 11 is 0. The summed E-state index contributed by atoms with van der Waals surface area (Å²) in [5.41, 5.74) is 3.35. The fraction of sp³-hybridized carbons (Fsp3) is 0.310. The van der Waals surface area contributed by atoms with Crippen LogP contribution in [0.2, 0.25) is 0 Å². The summed E-state index contributed by atoms with van der Waals surface area (Å²) in [5, 5.41) is 11.4. The molecule has 0 bridgehead atoms. The highest BCUT2D eigenvalue weighted by molar-refractivity contribution is 5.89. The Morgan fingerprint density at radius 1 is 1.00 bits per heavy atom. The minimum Gasteiger partial charge on any atom is -0.376 e. The lowest BCUT2D eigenvalue weighted by Gasteiger charge is -2.32. The number of hydrogen-bond acceptors (Lipinski definition) is 5. The highest BCUT2D eigenvalue weighted by Gasteiger charge is 2.32. The average molecular weight is 498 g/mol. The van der Waals surface area contributed by atoms with Gasteiger partial charge in [-0.2, -0.15) is 0 Å². The van der Waals surface area contributed by atoms with Crippen LogP contribution >= 0.6 is 0 Å². The van der Waals surface area contributed by atoms with Gasteiger partial charge in [-0.3, -0.25) is 9.59 Å². The normalized spacial score (nSPS) is 15.9. The van der Waals surface area contributed by atoms with Gasteiger partial charge in [0.1, 0.15) is 18.1 Å². The second-order valence-corrected chi connectivity index (χ2v) is 9.25. The van der Waals surface area contributed by atoms with Crippen LogP contribution in [0.25, 0.3) is 11.0 Å². The van der Waals surface area contributed by atoms with Crippen molar-refractivity contribution < 1.29 is 14.3 Å². The van der Waals surface area contributed by atoms with E-state index in [2.05, 4.69) is 15.6 Å². The maximum Gasteiger partial charge on any atom is 0.247 e. The van der Waals surface area contributed by atoms with Gasteiger partial charge in [-0.25, -0.2) is 4.68 Å². The van der Waals surface area contributed by atoms with Crippen LogP contribution in [0.4, 0.5) is 0 Å². The Kier molecular flexibility index (Phi) is 7.86. The predicted molar refractivity (Wildman–Crippen MR) is 141 cm³/mol. The number of nitrogens with one attached hydrogen (secondary N) is 1. The topological polar surface area (TPSA) is 89.4 Å². The molecule has 4 aromatic rings. The molecule has 1 aliphatic heterocycles. The molecular formula is C29H31N5O3. The van der Waals surface area contributed by atoms with E-state index in [-0.39, 0.29) is 24.5 Å². The molecule has 8 nitrogen and oxygen atoms in total. The fourth-order valence-electron chi connectivity index (χ4n) is 4.77. The van der Waals surface area contributed by atoms with Crippen molar-refractivity contribution in [2.75, 3.05) is 19.7 Å². The van der Waals surface area contributed by atoms with Crippen molar-refractivity contribution in [3.05, 3.63) is 96.1 Å². The number of carbonyl (C=O) groups is 2. The molecule has 1 N–H and O–H groups in total. The molecule has 2 heterocycles. The maximum absolute atomic E-state index is 13.9. The number of nitrogens with zero attached hydrogens (tertiary/aromatic N) is 4. The van der Waals surface area contributed by atoms with Crippen LogP contribution in [-0.2, 0) is 27.3 Å². The number of rotatable bonds is 10. The highest BCUT2D eigenvalue weighted by atomic mass is 16.5. The largest absolute Gasteiger partial charge is 0.376 e. The third-order valence-electron chi connectivity index (χ3n) is 6.71. The molecule has 3 aromatic carbocycles. The van der Waals surface area contributed by atoms with Crippen molar-refractivity contribution in [3.63, 3.8) is 0 Å². The number of amides is 2. The third kappa shape index (κ3) is 6.03. The molecule has 1 fully saturated rings. The van der Waals surface area contributed by atoms with Gasteiger partial charge in [0.2, 0.25) is 11.8 Å². The minimum atomic E-state index is -0.784. The Labute approximate surface area is 216 Å². The molecule has 5 rings (SSSR count). The number of hydrogen-bond donors (Lipinski definition) is 1. The first-order valence-electron chi connectivity index (χ1n) is 12.7. The average Bonchev–Trinajstić information content (AvgIpc) is 3.61. The van der Waals surface area contributed by atoms with E-state index < -0.39 is 6.04 Å². The van der Waals surface area contributed by atoms with Crippen molar-refractivity contribution in [2.45, 2.75) is 38.0 Å². The molecule has 1 aliphatic rings. The van der Waals surface area contributed by atoms with Crippen LogP contribution in [0, 0.1) is 0 Å². The van der Waals surface area contributed by atoms with Gasteiger partial charge >= 0.3 is 0 Å². The lowest BCUT2D eigenvalue weighted by atomic mass is 10.0. The number of fused-ring (bicyclic) bond motifs is 1. The minimum absolute atomic E-state index is 0.00959. The zero-order chi connectivity index (χ0) is 25.5. The Morgan fingerprint density at radius 2 is 1.73 bits per heavy atom. The Balaban J connectivity index is 1.44. The third-order valence-corrected chi connectivity index (χ3v) is 6.71. The molecule has 0 spiro atoms. The number of carbonyl (C=O) groups excluding carboxylic acids is 2. The molecule has 2 unspecified atom stereocenters. The quantitative estimate of drug-likeness (QED) is 0.362. The first-order chi connectivity index (χ1) is 18.2. The molecule has 0 aliphatic carbocycles. The summed E-state index contributed by atoms with van der Waals surface area (Å²) in [7, 11) is 0. The molecular weight excluding hydrogens is 466 g/mol. The van der Waals surface area contributed by atoms with Gasteiger partial charge in [-0.1, -0.05) is 78.0 Å². The molecule has 0 saturated carbocycles. The second-order valence-electron chi connectivity index (χ2n) is 9.25. The van der Waals surface area contributed by atoms with E-state index in [0.29, 0.717) is 19.5 Å². The molecule has 2 amide bonds. The summed E-state index contributed by atoms with van der Waals surface area (Å²) < 4.78 is 7.30. The first kappa shape index (κ1) is 24.6. The van der Waals surface area contributed by atoms with E-state index in [1.807, 2.05) is 84.9 Å². The first-order valence-corrected chi connectivity index (χ1v) is 12.7. The number of aromatic nitrogens is 3. The number of ether oxygens (including phenoxy) is 1. The Bertz CT molecular complexity index is 1320. The van der Waals surface area contributed by atoms with Crippen LogP contribution in [-0.4, -0.2) is 57.5 Å². The monoisotopic (exact) mass is 497 g/mol. The van der Waals surface area contributed by atoms with Gasteiger partial charge in [0, 0.05) is 19.7 Å². The van der Waals surface area contributed by atoms with Crippen LogP contribution < -0.4 is 5.32 Å². The SMILES string of the molecule is O=C(NCC1CCCO1)C(c1ccccc1)N(CCc1ccccc1)C(=O)Cn1nnc2ccccc21. The molecule has 190 valence electrons. The van der Waals surface area contributed by atoms with Crippen molar-refractivity contribution in [2.24, 2.45) is 0 Å². The summed E-state index contributed by atoms with van der Waals surface area (Å²) in [4.78, 5) is 29.2. The summed E-state index contributed by atoms with van der Waals surface area (Å²) in [6, 6.07) is 26.2. The van der Waals surface area contributed by atoms with Crippen LogP contribution in [0.5, 0.6) is 0 Å². The number of para-hydroxylation sites is 1. The van der Waals surface area contributed by atoms with Gasteiger partial charge in [-0.15, -0.1) is 5.10 Å². The van der Waals surface area contributed by atoms with E-state index in [1.165, 1.54) is 0 Å². The number of benzene rings is 3. The van der Waals surface area contributed by atoms with Gasteiger partial charge in [0.25, 0.3) is 0 Å². The molecule has 1 aromatic heterocycles. The fourth-order valence-corrected chi connectivity index (χ4v) is 4.77. The zero-order valence-electron chi connectivity index (χ0n) is 20.7.